The molecule has 0 aliphatic heterocycles. The van der Waals surface area contributed by atoms with Crippen molar-refractivity contribution in [3.63, 3.8) is 0 Å². The molecule has 2 heterocycles. The van der Waals surface area contributed by atoms with Gasteiger partial charge in [0.2, 0.25) is 0 Å². The van der Waals surface area contributed by atoms with Crippen molar-refractivity contribution in [1.29, 1.82) is 0 Å². The van der Waals surface area contributed by atoms with E-state index < -0.39 is 5.97 Å². The summed E-state index contributed by atoms with van der Waals surface area (Å²) in [5.41, 5.74) is 0.391. The van der Waals surface area contributed by atoms with E-state index in [1.54, 1.807) is 12.1 Å². The summed E-state index contributed by atoms with van der Waals surface area (Å²) in [5, 5.41) is 15.7. The lowest BCUT2D eigenvalue weighted by Gasteiger charge is -2.05. The number of pyridine rings is 1. The topological polar surface area (TPSA) is 89.6 Å². The minimum absolute atomic E-state index is 0.123. The summed E-state index contributed by atoms with van der Waals surface area (Å²) < 4.78 is 5.88. The highest BCUT2D eigenvalue weighted by Gasteiger charge is 2.18. The van der Waals surface area contributed by atoms with Crippen LogP contribution in [0.1, 0.15) is 16.2 Å². The minimum atomic E-state index is -0.605. The Balaban J connectivity index is 2.61. The van der Waals surface area contributed by atoms with Gasteiger partial charge < -0.3 is 9.94 Å². The van der Waals surface area contributed by atoms with Crippen LogP contribution >= 0.6 is 11.6 Å². The van der Waals surface area contributed by atoms with Crippen LogP contribution in [0.4, 0.5) is 0 Å². The number of aromatic nitrogens is 3. The molecule has 1 N–H and O–H groups in total. The van der Waals surface area contributed by atoms with Crippen molar-refractivity contribution in [3.8, 4) is 5.82 Å². The molecule has 2 aromatic rings. The maximum Gasteiger partial charge on any atom is 0.356 e. The first-order chi connectivity index (χ1) is 9.17. The smallest absolute Gasteiger partial charge is 0.356 e. The summed E-state index contributed by atoms with van der Waals surface area (Å²) in [6.07, 6.45) is 2.60. The molecule has 0 radical (unpaired) electrons. The number of carbonyl (C=O) groups excluding carboxylic acids is 1. The molecule has 0 spiro atoms. The highest BCUT2D eigenvalue weighted by Crippen LogP contribution is 2.19. The lowest BCUT2D eigenvalue weighted by Crippen LogP contribution is -2.11. The second-order valence-corrected chi connectivity index (χ2v) is 3.82. The molecule has 7 nitrogen and oxygen atoms in total. The molecule has 0 saturated heterocycles. The second-order valence-electron chi connectivity index (χ2n) is 3.41. The molecule has 0 atom stereocenters. The fourth-order valence-corrected chi connectivity index (χ4v) is 1.67. The van der Waals surface area contributed by atoms with Crippen molar-refractivity contribution < 1.29 is 14.7 Å². The number of ether oxygens (including phenoxy) is 1. The molecule has 98 valence electrons. The van der Waals surface area contributed by atoms with Gasteiger partial charge in [0, 0.05) is 12.3 Å². The van der Waals surface area contributed by atoms with E-state index in [0.717, 1.165) is 6.21 Å². The van der Waals surface area contributed by atoms with Gasteiger partial charge in [-0.15, -0.1) is 0 Å². The predicted octanol–water partition coefficient (Wildman–Crippen LogP) is 1.52. The molecule has 2 rings (SSSR count). The van der Waals surface area contributed by atoms with E-state index in [-0.39, 0.29) is 17.2 Å². The summed E-state index contributed by atoms with van der Waals surface area (Å²) in [4.78, 5) is 15.7. The quantitative estimate of drug-likeness (QED) is 0.398. The van der Waals surface area contributed by atoms with Gasteiger partial charge in [0.1, 0.15) is 5.69 Å². The number of oxime groups is 1. The predicted molar refractivity (Wildman–Crippen MR) is 67.1 cm³/mol. The van der Waals surface area contributed by atoms with Crippen molar-refractivity contribution in [2.24, 2.45) is 5.16 Å². The zero-order chi connectivity index (χ0) is 13.8. The van der Waals surface area contributed by atoms with E-state index in [1.807, 2.05) is 0 Å². The van der Waals surface area contributed by atoms with Gasteiger partial charge in [-0.3, -0.25) is 0 Å². The largest absolute Gasteiger partial charge is 0.464 e. The van der Waals surface area contributed by atoms with Gasteiger partial charge in [-0.1, -0.05) is 16.8 Å². The first kappa shape index (κ1) is 13.0. The summed E-state index contributed by atoms with van der Waals surface area (Å²) in [7, 11) is 1.25. The Morgan fingerprint density at radius 1 is 1.63 bits per heavy atom. The minimum Gasteiger partial charge on any atom is -0.464 e. The Morgan fingerprint density at radius 2 is 2.42 bits per heavy atom. The van der Waals surface area contributed by atoms with Gasteiger partial charge in [-0.25, -0.2) is 14.5 Å². The van der Waals surface area contributed by atoms with Crippen LogP contribution in [0.2, 0.25) is 5.02 Å². The molecular formula is C11H9ClN4O3. The van der Waals surface area contributed by atoms with Crippen LogP contribution in [0.15, 0.2) is 29.6 Å². The average Bonchev–Trinajstić information content (AvgIpc) is 2.82. The van der Waals surface area contributed by atoms with Crippen LogP contribution in [0, 0.1) is 0 Å². The Morgan fingerprint density at radius 3 is 3.05 bits per heavy atom. The maximum absolute atomic E-state index is 11.7. The normalized spacial score (nSPS) is 10.8. The molecule has 0 unspecified atom stereocenters. The van der Waals surface area contributed by atoms with Crippen molar-refractivity contribution in [2.75, 3.05) is 7.11 Å². The lowest BCUT2D eigenvalue weighted by molar-refractivity contribution is 0.0590. The van der Waals surface area contributed by atoms with E-state index in [0.29, 0.717) is 5.02 Å². The number of rotatable bonds is 3. The zero-order valence-corrected chi connectivity index (χ0v) is 10.6. The standard InChI is InChI=1S/C11H9ClN4O3/c1-19-11(17)9-5-7(6-14-18)15-16(9)10-8(12)3-2-4-13-10/h2-6,18H,1H3. The third-order valence-electron chi connectivity index (χ3n) is 2.25. The molecule has 0 fully saturated rings. The Labute approximate surface area is 113 Å². The summed E-state index contributed by atoms with van der Waals surface area (Å²) in [6, 6.07) is 4.67. The van der Waals surface area contributed by atoms with Gasteiger partial charge in [-0.2, -0.15) is 5.10 Å². The van der Waals surface area contributed by atoms with E-state index in [4.69, 9.17) is 16.8 Å². The van der Waals surface area contributed by atoms with E-state index in [1.165, 1.54) is 24.1 Å². The first-order valence-corrected chi connectivity index (χ1v) is 5.52. The fourth-order valence-electron chi connectivity index (χ4n) is 1.47. The van der Waals surface area contributed by atoms with Gasteiger partial charge in [0.25, 0.3) is 0 Å². The van der Waals surface area contributed by atoms with Crippen LogP contribution < -0.4 is 0 Å². The van der Waals surface area contributed by atoms with Gasteiger partial charge >= 0.3 is 5.97 Å². The number of hydrogen-bond acceptors (Lipinski definition) is 6. The van der Waals surface area contributed by atoms with E-state index in [2.05, 4.69) is 20.0 Å². The molecule has 0 bridgehead atoms. The monoisotopic (exact) mass is 280 g/mol. The number of hydrogen-bond donors (Lipinski definition) is 1. The van der Waals surface area contributed by atoms with Crippen LogP contribution in [0.3, 0.4) is 0 Å². The summed E-state index contributed by atoms with van der Waals surface area (Å²) in [6.45, 7) is 0. The van der Waals surface area contributed by atoms with Crippen molar-refractivity contribution >= 4 is 23.8 Å². The third-order valence-corrected chi connectivity index (χ3v) is 2.55. The molecule has 2 aromatic heterocycles. The maximum atomic E-state index is 11.7. The van der Waals surface area contributed by atoms with E-state index >= 15 is 0 Å². The van der Waals surface area contributed by atoms with Crippen molar-refractivity contribution in [1.82, 2.24) is 14.8 Å². The molecule has 8 heteroatoms. The van der Waals surface area contributed by atoms with Crippen molar-refractivity contribution in [3.05, 3.63) is 40.8 Å². The second kappa shape index (κ2) is 5.49. The van der Waals surface area contributed by atoms with Gasteiger partial charge in [0.05, 0.1) is 18.3 Å². The highest BCUT2D eigenvalue weighted by atomic mass is 35.5. The Bertz CT molecular complexity index is 639. The molecule has 0 saturated carbocycles. The van der Waals surface area contributed by atoms with Crippen LogP contribution in [-0.2, 0) is 4.74 Å². The molecule has 0 aliphatic rings. The summed E-state index contributed by atoms with van der Waals surface area (Å²) >= 11 is 6.01. The fraction of sp³-hybridized carbons (Fsp3) is 0.0909. The van der Waals surface area contributed by atoms with Gasteiger partial charge in [-0.05, 0) is 12.1 Å². The Hall–Kier alpha value is -2.41. The van der Waals surface area contributed by atoms with Crippen LogP contribution in [-0.4, -0.2) is 39.3 Å². The first-order valence-electron chi connectivity index (χ1n) is 5.14. The SMILES string of the molecule is COC(=O)c1cc(C=NO)nn1-c1ncccc1Cl. The molecule has 0 aliphatic carbocycles. The number of methoxy groups -OCH3 is 1. The van der Waals surface area contributed by atoms with E-state index in [9.17, 15) is 4.79 Å². The number of esters is 1. The highest BCUT2D eigenvalue weighted by molar-refractivity contribution is 6.32. The molecule has 0 aromatic carbocycles. The van der Waals surface area contributed by atoms with Crippen LogP contribution in [0.25, 0.3) is 5.82 Å². The number of nitrogens with zero attached hydrogens (tertiary/aromatic N) is 4. The third kappa shape index (κ3) is 2.55. The van der Waals surface area contributed by atoms with Crippen LogP contribution in [0.5, 0.6) is 0 Å². The average molecular weight is 281 g/mol. The summed E-state index contributed by atoms with van der Waals surface area (Å²) in [5.74, 6) is -0.325. The Kier molecular flexibility index (Phi) is 3.76. The van der Waals surface area contributed by atoms with Crippen molar-refractivity contribution in [2.45, 2.75) is 0 Å². The molecular weight excluding hydrogens is 272 g/mol. The zero-order valence-electron chi connectivity index (χ0n) is 9.82. The number of halogens is 1. The van der Waals surface area contributed by atoms with Gasteiger partial charge in [0.15, 0.2) is 11.5 Å². The number of carbonyl (C=O) groups is 1. The molecule has 19 heavy (non-hydrogen) atoms. The lowest BCUT2D eigenvalue weighted by atomic mass is 10.3. The molecule has 0 amide bonds.